The maximum Gasteiger partial charge on any atom is -0.0256 e. The van der Waals surface area contributed by atoms with E-state index >= 15 is 0 Å². The number of hydrogen-bond donors (Lipinski definition) is 2. The van der Waals surface area contributed by atoms with Crippen LogP contribution in [0.5, 0.6) is 0 Å². The SMILES string of the molecule is C(=C\c1ccccc1)/c1ccccc1.N.N. The Morgan fingerprint density at radius 2 is 0.812 bits per heavy atom. The molecular formula is C14H18N2. The summed E-state index contributed by atoms with van der Waals surface area (Å²) in [6, 6.07) is 20.6. The van der Waals surface area contributed by atoms with Crippen molar-refractivity contribution in [3.63, 3.8) is 0 Å². The van der Waals surface area contributed by atoms with Gasteiger partial charge in [0.25, 0.3) is 0 Å². The van der Waals surface area contributed by atoms with Gasteiger partial charge in [-0.15, -0.1) is 0 Å². The topological polar surface area (TPSA) is 70.0 Å². The molecule has 0 saturated heterocycles. The van der Waals surface area contributed by atoms with E-state index in [2.05, 4.69) is 36.4 Å². The average Bonchev–Trinajstić information content (AvgIpc) is 2.29. The van der Waals surface area contributed by atoms with Gasteiger partial charge in [-0.25, -0.2) is 0 Å². The molecule has 16 heavy (non-hydrogen) atoms. The van der Waals surface area contributed by atoms with Crippen molar-refractivity contribution < 1.29 is 0 Å². The highest BCUT2D eigenvalue weighted by Crippen LogP contribution is 2.06. The third-order valence-electron chi connectivity index (χ3n) is 2.07. The number of benzene rings is 2. The highest BCUT2D eigenvalue weighted by Gasteiger charge is 1.84. The second-order valence-corrected chi connectivity index (χ2v) is 3.15. The first-order chi connectivity index (χ1) is 6.95. The zero-order chi connectivity index (χ0) is 9.64. The van der Waals surface area contributed by atoms with Crippen LogP contribution < -0.4 is 12.3 Å². The Kier molecular flexibility index (Phi) is 6.52. The summed E-state index contributed by atoms with van der Waals surface area (Å²) in [7, 11) is 0. The Bertz CT molecular complexity index is 366. The molecule has 6 N–H and O–H groups in total. The molecule has 0 aliphatic rings. The van der Waals surface area contributed by atoms with Gasteiger partial charge in [0, 0.05) is 0 Å². The molecule has 0 atom stereocenters. The second kappa shape index (κ2) is 7.40. The van der Waals surface area contributed by atoms with Gasteiger partial charge in [-0.1, -0.05) is 72.8 Å². The van der Waals surface area contributed by atoms with Crippen molar-refractivity contribution in [1.29, 1.82) is 0 Å². The summed E-state index contributed by atoms with van der Waals surface area (Å²) >= 11 is 0. The Labute approximate surface area is 96.8 Å². The average molecular weight is 214 g/mol. The van der Waals surface area contributed by atoms with Gasteiger partial charge in [0.2, 0.25) is 0 Å². The molecule has 2 rings (SSSR count). The smallest absolute Gasteiger partial charge is 0.0256 e. The minimum atomic E-state index is 0. The Hall–Kier alpha value is -1.90. The largest absolute Gasteiger partial charge is 0.344 e. The maximum atomic E-state index is 2.12. The van der Waals surface area contributed by atoms with Gasteiger partial charge in [0.05, 0.1) is 0 Å². The molecule has 0 aliphatic heterocycles. The lowest BCUT2D eigenvalue weighted by atomic mass is 10.1. The highest BCUT2D eigenvalue weighted by atomic mass is 14.0. The molecule has 2 aromatic rings. The van der Waals surface area contributed by atoms with E-state index < -0.39 is 0 Å². The maximum absolute atomic E-state index is 2.12. The third kappa shape index (κ3) is 4.09. The predicted octanol–water partition coefficient (Wildman–Crippen LogP) is 4.18. The molecule has 2 heteroatoms. The van der Waals surface area contributed by atoms with Crippen molar-refractivity contribution in [1.82, 2.24) is 12.3 Å². The molecule has 0 saturated carbocycles. The Balaban J connectivity index is 0.00000112. The van der Waals surface area contributed by atoms with Crippen molar-refractivity contribution in [2.75, 3.05) is 0 Å². The summed E-state index contributed by atoms with van der Waals surface area (Å²) in [6.45, 7) is 0. The molecule has 0 unspecified atom stereocenters. The van der Waals surface area contributed by atoms with E-state index in [0.717, 1.165) is 0 Å². The number of rotatable bonds is 2. The van der Waals surface area contributed by atoms with Gasteiger partial charge in [-0.3, -0.25) is 0 Å². The van der Waals surface area contributed by atoms with Gasteiger partial charge in [0.1, 0.15) is 0 Å². The van der Waals surface area contributed by atoms with E-state index in [9.17, 15) is 0 Å². The van der Waals surface area contributed by atoms with Crippen LogP contribution in [0.3, 0.4) is 0 Å². The summed E-state index contributed by atoms with van der Waals surface area (Å²) < 4.78 is 0. The Morgan fingerprint density at radius 3 is 1.12 bits per heavy atom. The van der Waals surface area contributed by atoms with Crippen LogP contribution >= 0.6 is 0 Å². The van der Waals surface area contributed by atoms with Crippen LogP contribution in [-0.2, 0) is 0 Å². The van der Waals surface area contributed by atoms with E-state index in [1.807, 2.05) is 36.4 Å². The van der Waals surface area contributed by atoms with Crippen molar-refractivity contribution in [2.24, 2.45) is 0 Å². The molecule has 2 nitrogen and oxygen atoms in total. The molecular weight excluding hydrogens is 196 g/mol. The van der Waals surface area contributed by atoms with Crippen LogP contribution in [-0.4, -0.2) is 0 Å². The molecule has 0 aliphatic carbocycles. The van der Waals surface area contributed by atoms with Crippen LogP contribution in [0.2, 0.25) is 0 Å². The first-order valence-corrected chi connectivity index (χ1v) is 4.73. The second-order valence-electron chi connectivity index (χ2n) is 3.15. The number of hydrogen-bond acceptors (Lipinski definition) is 2. The fourth-order valence-corrected chi connectivity index (χ4v) is 1.32. The van der Waals surface area contributed by atoms with E-state index in [0.29, 0.717) is 0 Å². The van der Waals surface area contributed by atoms with E-state index in [4.69, 9.17) is 0 Å². The van der Waals surface area contributed by atoms with Gasteiger partial charge in [-0.2, -0.15) is 0 Å². The summed E-state index contributed by atoms with van der Waals surface area (Å²) in [4.78, 5) is 0. The normalized spacial score (nSPS) is 9.25. The van der Waals surface area contributed by atoms with Gasteiger partial charge in [0.15, 0.2) is 0 Å². The lowest BCUT2D eigenvalue weighted by Crippen LogP contribution is -1.70. The van der Waals surface area contributed by atoms with Crippen molar-refractivity contribution in [3.05, 3.63) is 71.8 Å². The van der Waals surface area contributed by atoms with Gasteiger partial charge < -0.3 is 12.3 Å². The van der Waals surface area contributed by atoms with Crippen molar-refractivity contribution >= 4 is 12.2 Å². The molecule has 0 amide bonds. The first kappa shape index (κ1) is 14.1. The van der Waals surface area contributed by atoms with E-state index in [-0.39, 0.29) is 12.3 Å². The van der Waals surface area contributed by atoms with Crippen LogP contribution in [0.15, 0.2) is 60.7 Å². The molecule has 0 spiro atoms. The minimum absolute atomic E-state index is 0. The molecule has 0 heterocycles. The van der Waals surface area contributed by atoms with Crippen LogP contribution in [0, 0.1) is 0 Å². The van der Waals surface area contributed by atoms with E-state index in [1.54, 1.807) is 0 Å². The summed E-state index contributed by atoms with van der Waals surface area (Å²) in [5, 5.41) is 0. The predicted molar refractivity (Wildman–Crippen MR) is 71.9 cm³/mol. The molecule has 0 bridgehead atoms. The standard InChI is InChI=1S/C14H12.2H3N/c1-3-7-13(8-4-1)11-12-14-9-5-2-6-10-14;;/h1-12H;2*1H3/b12-11+;;. The minimum Gasteiger partial charge on any atom is -0.344 e. The molecule has 0 aromatic heterocycles. The van der Waals surface area contributed by atoms with Gasteiger partial charge >= 0.3 is 0 Å². The monoisotopic (exact) mass is 214 g/mol. The lowest BCUT2D eigenvalue weighted by Gasteiger charge is -1.92. The molecule has 84 valence electrons. The summed E-state index contributed by atoms with van der Waals surface area (Å²) in [6.07, 6.45) is 4.24. The van der Waals surface area contributed by atoms with E-state index in [1.165, 1.54) is 11.1 Å². The summed E-state index contributed by atoms with van der Waals surface area (Å²) in [5.74, 6) is 0. The Morgan fingerprint density at radius 1 is 0.500 bits per heavy atom. The molecule has 0 fully saturated rings. The highest BCUT2D eigenvalue weighted by molar-refractivity contribution is 5.69. The summed E-state index contributed by atoms with van der Waals surface area (Å²) in [5.41, 5.74) is 2.47. The fourth-order valence-electron chi connectivity index (χ4n) is 1.32. The quantitative estimate of drug-likeness (QED) is 0.736. The zero-order valence-electron chi connectivity index (χ0n) is 9.34. The molecule has 0 radical (unpaired) electrons. The van der Waals surface area contributed by atoms with Crippen molar-refractivity contribution in [3.8, 4) is 0 Å². The van der Waals surface area contributed by atoms with Crippen molar-refractivity contribution in [2.45, 2.75) is 0 Å². The first-order valence-electron chi connectivity index (χ1n) is 4.73. The lowest BCUT2D eigenvalue weighted by molar-refractivity contribution is 1.65. The van der Waals surface area contributed by atoms with Gasteiger partial charge in [-0.05, 0) is 11.1 Å². The van der Waals surface area contributed by atoms with Crippen LogP contribution in [0.25, 0.3) is 12.2 Å². The fraction of sp³-hybridized carbons (Fsp3) is 0. The zero-order valence-corrected chi connectivity index (χ0v) is 9.34. The van der Waals surface area contributed by atoms with Crippen LogP contribution in [0.1, 0.15) is 11.1 Å². The van der Waals surface area contributed by atoms with Crippen LogP contribution in [0.4, 0.5) is 0 Å². The third-order valence-corrected chi connectivity index (χ3v) is 2.07. The molecule has 2 aromatic carbocycles.